The summed E-state index contributed by atoms with van der Waals surface area (Å²) in [6.07, 6.45) is 16.0. The maximum Gasteiger partial charge on any atom is 0.119 e. The zero-order valence-electron chi connectivity index (χ0n) is 17.7. The average Bonchev–Trinajstić information content (AvgIpc) is 2.72. The molecule has 0 N–H and O–H groups in total. The monoisotopic (exact) mass is 368 g/mol. The summed E-state index contributed by atoms with van der Waals surface area (Å²) >= 11 is 0. The molecule has 4 rings (SSSR count). The van der Waals surface area contributed by atoms with E-state index in [-0.39, 0.29) is 0 Å². The van der Waals surface area contributed by atoms with Crippen LogP contribution in [0.3, 0.4) is 0 Å². The highest BCUT2D eigenvalue weighted by molar-refractivity contribution is 5.30. The van der Waals surface area contributed by atoms with Gasteiger partial charge in [0.15, 0.2) is 0 Å². The fraction of sp³-hybridized carbons (Fsp3) is 0.769. The number of benzene rings is 1. The highest BCUT2D eigenvalue weighted by Gasteiger charge is 2.38. The topological polar surface area (TPSA) is 9.23 Å². The molecule has 4 atom stereocenters. The first-order chi connectivity index (χ1) is 13.2. The van der Waals surface area contributed by atoms with Crippen molar-refractivity contribution in [2.75, 3.05) is 6.61 Å². The van der Waals surface area contributed by atoms with Gasteiger partial charge in [0.2, 0.25) is 0 Å². The number of ether oxygens (including phenoxy) is 1. The Morgan fingerprint density at radius 2 is 1.33 bits per heavy atom. The lowest BCUT2D eigenvalue weighted by Crippen LogP contribution is -2.34. The number of hydrogen-bond donors (Lipinski definition) is 0. The lowest BCUT2D eigenvalue weighted by Gasteiger charge is -2.45. The summed E-state index contributed by atoms with van der Waals surface area (Å²) in [6.45, 7) is 5.45. The third-order valence-corrected chi connectivity index (χ3v) is 8.21. The van der Waals surface area contributed by atoms with Crippen molar-refractivity contribution in [3.05, 3.63) is 29.8 Å². The molecule has 0 aromatic heterocycles. The van der Waals surface area contributed by atoms with Crippen LogP contribution in [0.4, 0.5) is 0 Å². The third kappa shape index (κ3) is 4.72. The van der Waals surface area contributed by atoms with Gasteiger partial charge in [0.1, 0.15) is 5.75 Å². The Morgan fingerprint density at radius 3 is 2.04 bits per heavy atom. The Hall–Kier alpha value is -0.980. The van der Waals surface area contributed by atoms with Gasteiger partial charge in [0.25, 0.3) is 0 Å². The molecule has 1 heteroatoms. The minimum absolute atomic E-state index is 0.790. The van der Waals surface area contributed by atoms with Crippen LogP contribution in [-0.4, -0.2) is 6.61 Å². The molecular weight excluding hydrogens is 328 g/mol. The van der Waals surface area contributed by atoms with Gasteiger partial charge in [0.05, 0.1) is 6.61 Å². The molecule has 0 bridgehead atoms. The van der Waals surface area contributed by atoms with E-state index in [2.05, 4.69) is 38.1 Å². The van der Waals surface area contributed by atoms with E-state index in [0.29, 0.717) is 0 Å². The van der Waals surface area contributed by atoms with Crippen LogP contribution in [0.1, 0.15) is 96.0 Å². The standard InChI is InChI=1S/C26H40O/c1-3-16-27-26-14-12-21(13-15-26)23-9-11-24-17-22(8-10-25(24)18-23)20-6-4-19(2)5-7-20/h12-15,19-20,22-25H,3-11,16-18H2,1-2H3. The molecule has 0 aliphatic heterocycles. The molecule has 3 aliphatic rings. The number of rotatable bonds is 5. The van der Waals surface area contributed by atoms with Crippen molar-refractivity contribution in [1.82, 2.24) is 0 Å². The van der Waals surface area contributed by atoms with Gasteiger partial charge in [0, 0.05) is 0 Å². The lowest BCUT2D eigenvalue weighted by molar-refractivity contribution is 0.0732. The molecular formula is C26H40O. The summed E-state index contributed by atoms with van der Waals surface area (Å²) < 4.78 is 5.76. The van der Waals surface area contributed by atoms with Gasteiger partial charge in [-0.2, -0.15) is 0 Å². The van der Waals surface area contributed by atoms with Gasteiger partial charge in [-0.25, -0.2) is 0 Å². The van der Waals surface area contributed by atoms with Crippen molar-refractivity contribution >= 4 is 0 Å². The molecule has 3 saturated carbocycles. The van der Waals surface area contributed by atoms with Crippen molar-refractivity contribution < 1.29 is 4.74 Å². The summed E-state index contributed by atoms with van der Waals surface area (Å²) in [5, 5.41) is 0. The molecule has 0 heterocycles. The van der Waals surface area contributed by atoms with Gasteiger partial charge >= 0.3 is 0 Å². The molecule has 0 spiro atoms. The molecule has 1 nitrogen and oxygen atoms in total. The molecule has 0 amide bonds. The number of fused-ring (bicyclic) bond motifs is 1. The quantitative estimate of drug-likeness (QED) is 0.520. The highest BCUT2D eigenvalue weighted by Crippen LogP contribution is 2.50. The Bertz CT molecular complexity index is 568. The molecule has 3 fully saturated rings. The van der Waals surface area contributed by atoms with Gasteiger partial charge in [-0.15, -0.1) is 0 Å². The van der Waals surface area contributed by atoms with Crippen molar-refractivity contribution in [3.8, 4) is 5.75 Å². The van der Waals surface area contributed by atoms with Crippen LogP contribution in [0.5, 0.6) is 5.75 Å². The molecule has 3 aliphatic carbocycles. The first-order valence-electron chi connectivity index (χ1n) is 12.0. The zero-order valence-corrected chi connectivity index (χ0v) is 17.7. The third-order valence-electron chi connectivity index (χ3n) is 8.21. The molecule has 4 unspecified atom stereocenters. The summed E-state index contributed by atoms with van der Waals surface area (Å²) in [7, 11) is 0. The normalized spacial score (nSPS) is 36.8. The predicted molar refractivity (Wildman–Crippen MR) is 114 cm³/mol. The second-order valence-electron chi connectivity index (χ2n) is 10.0. The second-order valence-corrected chi connectivity index (χ2v) is 10.0. The molecule has 0 radical (unpaired) electrons. The van der Waals surface area contributed by atoms with Crippen LogP contribution < -0.4 is 4.74 Å². The minimum atomic E-state index is 0.790. The van der Waals surface area contributed by atoms with E-state index >= 15 is 0 Å². The lowest BCUT2D eigenvalue weighted by atomic mass is 9.60. The van der Waals surface area contributed by atoms with Crippen LogP contribution in [0.25, 0.3) is 0 Å². The molecule has 150 valence electrons. The van der Waals surface area contributed by atoms with Crippen LogP contribution in [0.2, 0.25) is 0 Å². The van der Waals surface area contributed by atoms with Crippen molar-refractivity contribution in [2.45, 2.75) is 90.4 Å². The van der Waals surface area contributed by atoms with Crippen LogP contribution in [0, 0.1) is 29.6 Å². The first-order valence-corrected chi connectivity index (χ1v) is 12.0. The van der Waals surface area contributed by atoms with E-state index in [1.54, 1.807) is 12.0 Å². The van der Waals surface area contributed by atoms with Gasteiger partial charge in [-0.1, -0.05) is 38.8 Å². The fourth-order valence-corrected chi connectivity index (χ4v) is 6.47. The van der Waals surface area contributed by atoms with E-state index in [4.69, 9.17) is 4.74 Å². The maximum absolute atomic E-state index is 5.76. The van der Waals surface area contributed by atoms with Gasteiger partial charge in [-0.05, 0) is 111 Å². The highest BCUT2D eigenvalue weighted by atomic mass is 16.5. The Balaban J connectivity index is 1.30. The molecule has 0 saturated heterocycles. The predicted octanol–water partition coefficient (Wildman–Crippen LogP) is 7.60. The summed E-state index contributed by atoms with van der Waals surface area (Å²) in [5.74, 6) is 6.98. The van der Waals surface area contributed by atoms with Crippen molar-refractivity contribution in [2.24, 2.45) is 29.6 Å². The van der Waals surface area contributed by atoms with Crippen LogP contribution in [-0.2, 0) is 0 Å². The molecule has 1 aromatic rings. The van der Waals surface area contributed by atoms with E-state index < -0.39 is 0 Å². The Morgan fingerprint density at radius 1 is 0.741 bits per heavy atom. The fourth-order valence-electron chi connectivity index (χ4n) is 6.47. The van der Waals surface area contributed by atoms with E-state index in [1.807, 2.05) is 0 Å². The van der Waals surface area contributed by atoms with E-state index in [9.17, 15) is 0 Å². The minimum Gasteiger partial charge on any atom is -0.494 e. The average molecular weight is 369 g/mol. The molecule has 27 heavy (non-hydrogen) atoms. The van der Waals surface area contributed by atoms with Crippen LogP contribution in [0.15, 0.2) is 24.3 Å². The van der Waals surface area contributed by atoms with E-state index in [0.717, 1.165) is 54.3 Å². The largest absolute Gasteiger partial charge is 0.494 e. The van der Waals surface area contributed by atoms with Crippen molar-refractivity contribution in [1.29, 1.82) is 0 Å². The Kier molecular flexibility index (Phi) is 6.46. The van der Waals surface area contributed by atoms with E-state index in [1.165, 1.54) is 57.8 Å². The van der Waals surface area contributed by atoms with Gasteiger partial charge in [-0.3, -0.25) is 0 Å². The van der Waals surface area contributed by atoms with Crippen LogP contribution >= 0.6 is 0 Å². The SMILES string of the molecule is CCCOc1ccc(C2CCC3CC(C4CCC(C)CC4)CCC3C2)cc1. The maximum atomic E-state index is 5.76. The number of hydrogen-bond acceptors (Lipinski definition) is 1. The second kappa shape index (κ2) is 9.01. The Labute approximate surface area is 167 Å². The summed E-state index contributed by atoms with van der Waals surface area (Å²) in [6, 6.07) is 9.06. The van der Waals surface area contributed by atoms with Gasteiger partial charge < -0.3 is 4.74 Å². The zero-order chi connectivity index (χ0) is 18.6. The van der Waals surface area contributed by atoms with Crippen molar-refractivity contribution in [3.63, 3.8) is 0 Å². The first kappa shape index (κ1) is 19.3. The smallest absolute Gasteiger partial charge is 0.119 e. The molecule has 1 aromatic carbocycles. The summed E-state index contributed by atoms with van der Waals surface area (Å²) in [5.41, 5.74) is 1.56. The summed E-state index contributed by atoms with van der Waals surface area (Å²) in [4.78, 5) is 0.